The van der Waals surface area contributed by atoms with E-state index in [0.29, 0.717) is 18.4 Å². The monoisotopic (exact) mass is 279 g/mol. The number of piperidine rings is 1. The molecule has 3 rings (SSSR count). The summed E-state index contributed by atoms with van der Waals surface area (Å²) in [6.45, 7) is 4.26. The predicted octanol–water partition coefficient (Wildman–Crippen LogP) is 3.42. The van der Waals surface area contributed by atoms with Crippen LogP contribution in [-0.4, -0.2) is 29.8 Å². The maximum absolute atomic E-state index is 13.9. The highest BCUT2D eigenvalue weighted by molar-refractivity contribution is 5.94. The number of fused-ring (bicyclic) bond motifs is 2. The number of benzene rings is 1. The van der Waals surface area contributed by atoms with Crippen molar-refractivity contribution >= 4 is 5.91 Å². The number of amides is 1. The topological polar surface area (TPSA) is 20.3 Å². The summed E-state index contributed by atoms with van der Waals surface area (Å²) in [4.78, 5) is 14.1. The maximum Gasteiger partial charge on any atom is 0.257 e. The largest absolute Gasteiger partial charge is 0.338 e. The van der Waals surface area contributed by atoms with Crippen molar-refractivity contribution in [2.75, 3.05) is 13.1 Å². The number of hydrogen-bond donors (Lipinski definition) is 0. The Morgan fingerprint density at radius 1 is 1.10 bits per heavy atom. The van der Waals surface area contributed by atoms with Crippen LogP contribution in [0.1, 0.15) is 34.3 Å². The highest BCUT2D eigenvalue weighted by Crippen LogP contribution is 2.48. The molecule has 108 valence electrons. The van der Waals surface area contributed by atoms with Crippen LogP contribution in [0.5, 0.6) is 0 Å². The molecule has 1 aromatic rings. The molecule has 1 aliphatic heterocycles. The Balaban J connectivity index is 1.83. The number of nitrogens with zero attached hydrogens (tertiary/aromatic N) is 1. The van der Waals surface area contributed by atoms with Crippen LogP contribution in [0, 0.1) is 25.7 Å². The van der Waals surface area contributed by atoms with Gasteiger partial charge in [-0.1, -0.05) is 17.2 Å². The molecule has 1 amide bonds. The van der Waals surface area contributed by atoms with Gasteiger partial charge in [-0.05, 0) is 38.8 Å². The van der Waals surface area contributed by atoms with E-state index in [-0.39, 0.29) is 19.0 Å². The molecule has 1 saturated carbocycles. The van der Waals surface area contributed by atoms with Gasteiger partial charge in [-0.3, -0.25) is 4.79 Å². The van der Waals surface area contributed by atoms with Crippen LogP contribution < -0.4 is 0 Å². The summed E-state index contributed by atoms with van der Waals surface area (Å²) in [5.74, 6) is -4.00. The van der Waals surface area contributed by atoms with Gasteiger partial charge in [0, 0.05) is 30.5 Å². The van der Waals surface area contributed by atoms with Crippen molar-refractivity contribution < 1.29 is 13.6 Å². The van der Waals surface area contributed by atoms with Crippen LogP contribution in [-0.2, 0) is 0 Å². The quantitative estimate of drug-likeness (QED) is 0.771. The third kappa shape index (κ3) is 2.11. The maximum atomic E-state index is 13.9. The highest BCUT2D eigenvalue weighted by Gasteiger charge is 2.56. The van der Waals surface area contributed by atoms with Crippen molar-refractivity contribution in [1.29, 1.82) is 0 Å². The Morgan fingerprint density at radius 2 is 1.60 bits per heavy atom. The molecule has 2 fully saturated rings. The third-order valence-corrected chi connectivity index (χ3v) is 4.59. The van der Waals surface area contributed by atoms with Crippen LogP contribution in [0.15, 0.2) is 18.2 Å². The zero-order valence-electron chi connectivity index (χ0n) is 11.8. The molecule has 4 heteroatoms. The second-order valence-corrected chi connectivity index (χ2v) is 6.23. The van der Waals surface area contributed by atoms with Gasteiger partial charge in [0.25, 0.3) is 11.8 Å². The first-order valence-electron chi connectivity index (χ1n) is 7.13. The molecule has 0 spiro atoms. The highest BCUT2D eigenvalue weighted by atomic mass is 19.3. The minimum Gasteiger partial charge on any atom is -0.338 e. The molecule has 1 aromatic carbocycles. The van der Waals surface area contributed by atoms with E-state index in [1.165, 1.54) is 0 Å². The summed E-state index contributed by atoms with van der Waals surface area (Å²) in [6.07, 6.45) is 1.07. The van der Waals surface area contributed by atoms with E-state index in [0.717, 1.165) is 11.1 Å². The third-order valence-electron chi connectivity index (χ3n) is 4.59. The first kappa shape index (κ1) is 13.5. The van der Waals surface area contributed by atoms with Gasteiger partial charge >= 0.3 is 0 Å². The SMILES string of the molecule is Cc1cc(C)cc(C(=O)N2CC3CCC(C2)C3(F)F)c1. The number of carbonyl (C=O) groups excluding carboxylic acids is 1. The smallest absolute Gasteiger partial charge is 0.257 e. The standard InChI is InChI=1S/C16H19F2NO/c1-10-5-11(2)7-12(6-10)15(20)19-8-13-3-4-14(9-19)16(13,17)18/h5-7,13-14H,3-4,8-9H2,1-2H3. The zero-order chi connectivity index (χ0) is 14.5. The molecule has 0 N–H and O–H groups in total. The number of alkyl halides is 2. The van der Waals surface area contributed by atoms with E-state index in [2.05, 4.69) is 0 Å². The second-order valence-electron chi connectivity index (χ2n) is 6.23. The fourth-order valence-corrected chi connectivity index (χ4v) is 3.60. The number of likely N-dealkylation sites (tertiary alicyclic amines) is 1. The van der Waals surface area contributed by atoms with Crippen LogP contribution in [0.25, 0.3) is 0 Å². The number of halogens is 2. The molecule has 2 aliphatic rings. The van der Waals surface area contributed by atoms with E-state index in [1.54, 1.807) is 4.90 Å². The molecule has 1 heterocycles. The molecule has 0 radical (unpaired) electrons. The fourth-order valence-electron chi connectivity index (χ4n) is 3.60. The molecule has 20 heavy (non-hydrogen) atoms. The summed E-state index contributed by atoms with van der Waals surface area (Å²) in [6, 6.07) is 5.68. The summed E-state index contributed by atoms with van der Waals surface area (Å²) in [5, 5.41) is 0. The van der Waals surface area contributed by atoms with Gasteiger partial charge in [-0.2, -0.15) is 0 Å². The lowest BCUT2D eigenvalue weighted by atomic mass is 9.93. The predicted molar refractivity (Wildman–Crippen MR) is 73.0 cm³/mol. The Morgan fingerprint density at radius 3 is 2.10 bits per heavy atom. The Hall–Kier alpha value is -1.45. The van der Waals surface area contributed by atoms with Gasteiger partial charge in [0.1, 0.15) is 0 Å². The summed E-state index contributed by atoms with van der Waals surface area (Å²) >= 11 is 0. The lowest BCUT2D eigenvalue weighted by Gasteiger charge is -2.37. The van der Waals surface area contributed by atoms with Crippen molar-refractivity contribution in [2.45, 2.75) is 32.6 Å². The Kier molecular flexibility index (Phi) is 3.07. The number of carbonyl (C=O) groups is 1. The van der Waals surface area contributed by atoms with Gasteiger partial charge in [0.2, 0.25) is 0 Å². The molecule has 2 nitrogen and oxygen atoms in total. The molecule has 0 aromatic heterocycles. The lowest BCUT2D eigenvalue weighted by Crippen LogP contribution is -2.50. The van der Waals surface area contributed by atoms with Gasteiger partial charge < -0.3 is 4.90 Å². The lowest BCUT2D eigenvalue weighted by molar-refractivity contribution is -0.110. The van der Waals surface area contributed by atoms with Crippen molar-refractivity contribution in [3.63, 3.8) is 0 Å². The zero-order valence-corrected chi connectivity index (χ0v) is 11.8. The van der Waals surface area contributed by atoms with E-state index in [1.807, 2.05) is 32.0 Å². The van der Waals surface area contributed by atoms with E-state index >= 15 is 0 Å². The molecule has 2 unspecified atom stereocenters. The number of rotatable bonds is 1. The van der Waals surface area contributed by atoms with Crippen LogP contribution in [0.3, 0.4) is 0 Å². The molecule has 2 atom stereocenters. The molecule has 1 aliphatic carbocycles. The number of aryl methyl sites for hydroxylation is 2. The summed E-state index contributed by atoms with van der Waals surface area (Å²) < 4.78 is 27.8. The normalized spacial score (nSPS) is 27.7. The molecule has 1 saturated heterocycles. The fraction of sp³-hybridized carbons (Fsp3) is 0.562. The first-order valence-corrected chi connectivity index (χ1v) is 7.13. The minimum atomic E-state index is -2.58. The minimum absolute atomic E-state index is 0.107. The molecular formula is C16H19F2NO. The molecular weight excluding hydrogens is 260 g/mol. The summed E-state index contributed by atoms with van der Waals surface area (Å²) in [7, 11) is 0. The van der Waals surface area contributed by atoms with Crippen LogP contribution >= 0.6 is 0 Å². The van der Waals surface area contributed by atoms with Crippen LogP contribution in [0.2, 0.25) is 0 Å². The number of hydrogen-bond acceptors (Lipinski definition) is 1. The van der Waals surface area contributed by atoms with E-state index < -0.39 is 17.8 Å². The van der Waals surface area contributed by atoms with Crippen molar-refractivity contribution in [3.05, 3.63) is 34.9 Å². The second kappa shape index (κ2) is 4.54. The first-order chi connectivity index (χ1) is 9.38. The van der Waals surface area contributed by atoms with Gasteiger partial charge in [-0.15, -0.1) is 0 Å². The summed E-state index contributed by atoms with van der Waals surface area (Å²) in [5.41, 5.74) is 2.67. The van der Waals surface area contributed by atoms with Crippen molar-refractivity contribution in [3.8, 4) is 0 Å². The molecule has 2 bridgehead atoms. The van der Waals surface area contributed by atoms with Crippen molar-refractivity contribution in [2.24, 2.45) is 11.8 Å². The van der Waals surface area contributed by atoms with Crippen molar-refractivity contribution in [1.82, 2.24) is 4.90 Å². The Bertz CT molecular complexity index is 519. The average molecular weight is 279 g/mol. The van der Waals surface area contributed by atoms with Gasteiger partial charge in [-0.25, -0.2) is 8.78 Å². The van der Waals surface area contributed by atoms with Gasteiger partial charge in [0.05, 0.1) is 0 Å². The Labute approximate surface area is 117 Å². The van der Waals surface area contributed by atoms with Gasteiger partial charge in [0.15, 0.2) is 0 Å². The van der Waals surface area contributed by atoms with E-state index in [9.17, 15) is 13.6 Å². The van der Waals surface area contributed by atoms with Crippen LogP contribution in [0.4, 0.5) is 8.78 Å². The van der Waals surface area contributed by atoms with E-state index in [4.69, 9.17) is 0 Å². The average Bonchev–Trinajstić information content (AvgIpc) is 2.55.